The number of hydrogen-bond donors (Lipinski definition) is 1. The maximum atomic E-state index is 4.36. The van der Waals surface area contributed by atoms with E-state index in [1.54, 1.807) is 11.3 Å². The summed E-state index contributed by atoms with van der Waals surface area (Å²) in [5, 5.41) is 5.71. The number of nitrogens with one attached hydrogen (secondary N) is 1. The zero-order valence-corrected chi connectivity index (χ0v) is 14.0. The molecule has 0 spiro atoms. The van der Waals surface area contributed by atoms with Gasteiger partial charge in [-0.3, -0.25) is 0 Å². The molecule has 1 aromatic heterocycles. The fraction of sp³-hybridized carbons (Fsp3) is 0.438. The zero-order valence-electron chi connectivity index (χ0n) is 12.3. The van der Waals surface area contributed by atoms with Crippen molar-refractivity contribution in [3.8, 4) is 0 Å². The van der Waals surface area contributed by atoms with Gasteiger partial charge in [-0.2, -0.15) is 0 Å². The number of hydrogen-bond acceptors (Lipinski definition) is 4. The lowest BCUT2D eigenvalue weighted by atomic mass is 10.00. The Kier molecular flexibility index (Phi) is 6.07. The predicted octanol–water partition coefficient (Wildman–Crippen LogP) is 4.59. The van der Waals surface area contributed by atoms with Crippen LogP contribution in [0.25, 0.3) is 0 Å². The molecule has 0 aliphatic rings. The molecule has 1 atom stereocenters. The number of nitrogens with zero attached hydrogens (tertiary/aromatic N) is 1. The number of rotatable bonds is 7. The van der Waals surface area contributed by atoms with E-state index in [2.05, 4.69) is 49.3 Å². The summed E-state index contributed by atoms with van der Waals surface area (Å²) in [5.41, 5.74) is 4.11. The summed E-state index contributed by atoms with van der Waals surface area (Å²) in [7, 11) is 0. The normalized spacial score (nSPS) is 12.6. The lowest BCUT2D eigenvalue weighted by Crippen LogP contribution is -2.25. The van der Waals surface area contributed by atoms with Gasteiger partial charge in [0.25, 0.3) is 0 Å². The Balaban J connectivity index is 2.11. The average Bonchev–Trinajstić information content (AvgIpc) is 2.95. The van der Waals surface area contributed by atoms with E-state index in [0.29, 0.717) is 6.04 Å². The molecule has 20 heavy (non-hydrogen) atoms. The molecule has 0 saturated heterocycles. The summed E-state index contributed by atoms with van der Waals surface area (Å²) in [5.74, 6) is 1.03. The van der Waals surface area contributed by atoms with Crippen LogP contribution in [0.1, 0.15) is 36.1 Å². The number of thiazole rings is 1. The molecule has 1 unspecified atom stereocenters. The highest BCUT2D eigenvalue weighted by Gasteiger charge is 2.14. The van der Waals surface area contributed by atoms with Crippen LogP contribution in [0.15, 0.2) is 34.1 Å². The fourth-order valence-corrected chi connectivity index (χ4v) is 3.89. The molecule has 0 radical (unpaired) electrons. The van der Waals surface area contributed by atoms with Crippen LogP contribution in [0.3, 0.4) is 0 Å². The van der Waals surface area contributed by atoms with Crippen molar-refractivity contribution in [2.45, 2.75) is 37.6 Å². The van der Waals surface area contributed by atoms with E-state index in [4.69, 9.17) is 0 Å². The summed E-state index contributed by atoms with van der Waals surface area (Å²) in [4.78, 5) is 4.36. The molecule has 1 N–H and O–H groups in total. The Bertz CT molecular complexity index is 523. The fourth-order valence-electron chi connectivity index (χ4n) is 2.15. The van der Waals surface area contributed by atoms with E-state index in [-0.39, 0.29) is 0 Å². The molecule has 0 amide bonds. The first kappa shape index (κ1) is 15.5. The second-order valence-corrected chi connectivity index (χ2v) is 7.14. The molecule has 1 aromatic carbocycles. The third-order valence-corrected chi connectivity index (χ3v) is 5.29. The van der Waals surface area contributed by atoms with Crippen molar-refractivity contribution >= 4 is 23.1 Å². The molecule has 0 aliphatic heterocycles. The van der Waals surface area contributed by atoms with Gasteiger partial charge in [-0.1, -0.05) is 42.4 Å². The van der Waals surface area contributed by atoms with Gasteiger partial charge < -0.3 is 5.32 Å². The molecule has 0 fully saturated rings. The number of aromatic nitrogens is 1. The van der Waals surface area contributed by atoms with Crippen LogP contribution in [0.4, 0.5) is 0 Å². The first-order valence-electron chi connectivity index (χ1n) is 7.03. The van der Waals surface area contributed by atoms with Gasteiger partial charge in [0.2, 0.25) is 0 Å². The van der Waals surface area contributed by atoms with Crippen LogP contribution in [0.2, 0.25) is 0 Å². The quantitative estimate of drug-likeness (QED) is 0.757. The van der Waals surface area contributed by atoms with Crippen LogP contribution >= 0.6 is 23.1 Å². The lowest BCUT2D eigenvalue weighted by molar-refractivity contribution is 0.575. The molecule has 0 saturated carbocycles. The van der Waals surface area contributed by atoms with E-state index >= 15 is 0 Å². The number of thioether (sulfide) groups is 1. The smallest absolute Gasteiger partial charge is 0.149 e. The van der Waals surface area contributed by atoms with Crippen molar-refractivity contribution < 1.29 is 0 Å². The Morgan fingerprint density at radius 1 is 1.35 bits per heavy atom. The van der Waals surface area contributed by atoms with Gasteiger partial charge in [0.1, 0.15) is 4.34 Å². The van der Waals surface area contributed by atoms with Crippen LogP contribution in [0.5, 0.6) is 0 Å². The molecule has 2 nitrogen and oxygen atoms in total. The van der Waals surface area contributed by atoms with Crippen LogP contribution < -0.4 is 5.32 Å². The Morgan fingerprint density at radius 2 is 2.20 bits per heavy atom. The predicted molar refractivity (Wildman–Crippen MR) is 89.8 cm³/mol. The summed E-state index contributed by atoms with van der Waals surface area (Å²) in [6.07, 6.45) is 3.03. The highest BCUT2D eigenvalue weighted by Crippen LogP contribution is 2.28. The molecule has 0 bridgehead atoms. The Hall–Kier alpha value is -0.840. The van der Waals surface area contributed by atoms with E-state index in [1.165, 1.54) is 16.7 Å². The van der Waals surface area contributed by atoms with Gasteiger partial charge in [-0.05, 0) is 37.9 Å². The molecule has 1 heterocycles. The molecule has 108 valence electrons. The maximum absolute atomic E-state index is 4.36. The maximum Gasteiger partial charge on any atom is 0.149 e. The number of benzene rings is 1. The minimum absolute atomic E-state index is 0.392. The van der Waals surface area contributed by atoms with E-state index in [1.807, 2.05) is 23.3 Å². The van der Waals surface area contributed by atoms with Gasteiger partial charge in [0.15, 0.2) is 0 Å². The van der Waals surface area contributed by atoms with Gasteiger partial charge in [-0.25, -0.2) is 4.98 Å². The second kappa shape index (κ2) is 7.81. The van der Waals surface area contributed by atoms with Crippen LogP contribution in [-0.4, -0.2) is 17.3 Å². The molecular weight excluding hydrogens is 284 g/mol. The largest absolute Gasteiger partial charge is 0.309 e. The molecular formula is C16H22N2S2. The summed E-state index contributed by atoms with van der Waals surface area (Å²) >= 11 is 3.56. The second-order valence-electron chi connectivity index (χ2n) is 4.98. The van der Waals surface area contributed by atoms with Crippen molar-refractivity contribution in [2.75, 3.05) is 12.3 Å². The molecule has 2 rings (SSSR count). The van der Waals surface area contributed by atoms with Crippen molar-refractivity contribution in [3.05, 3.63) is 46.5 Å². The SMILES string of the molecule is CCCNC(CSc1nccs1)c1cc(C)ccc1C. The van der Waals surface area contributed by atoms with Gasteiger partial charge in [0.05, 0.1) is 0 Å². The minimum Gasteiger partial charge on any atom is -0.309 e. The highest BCUT2D eigenvalue weighted by molar-refractivity contribution is 8.01. The third kappa shape index (κ3) is 4.33. The van der Waals surface area contributed by atoms with Crippen molar-refractivity contribution in [1.29, 1.82) is 0 Å². The van der Waals surface area contributed by atoms with Crippen LogP contribution in [-0.2, 0) is 0 Å². The van der Waals surface area contributed by atoms with E-state index in [9.17, 15) is 0 Å². The third-order valence-electron chi connectivity index (χ3n) is 3.23. The monoisotopic (exact) mass is 306 g/mol. The van der Waals surface area contributed by atoms with Crippen molar-refractivity contribution in [2.24, 2.45) is 0 Å². The van der Waals surface area contributed by atoms with Crippen LogP contribution in [0, 0.1) is 13.8 Å². The van der Waals surface area contributed by atoms with E-state index in [0.717, 1.165) is 23.1 Å². The summed E-state index contributed by atoms with van der Waals surface area (Å²) in [6.45, 7) is 7.62. The Morgan fingerprint density at radius 3 is 2.90 bits per heavy atom. The van der Waals surface area contributed by atoms with Gasteiger partial charge in [-0.15, -0.1) is 11.3 Å². The average molecular weight is 307 g/mol. The van der Waals surface area contributed by atoms with Crippen molar-refractivity contribution in [3.63, 3.8) is 0 Å². The topological polar surface area (TPSA) is 24.9 Å². The Labute approximate surface area is 130 Å². The van der Waals surface area contributed by atoms with Gasteiger partial charge >= 0.3 is 0 Å². The molecule has 0 aliphatic carbocycles. The zero-order chi connectivity index (χ0) is 14.4. The number of aryl methyl sites for hydroxylation is 2. The summed E-state index contributed by atoms with van der Waals surface area (Å²) in [6, 6.07) is 7.11. The first-order valence-corrected chi connectivity index (χ1v) is 8.90. The summed E-state index contributed by atoms with van der Waals surface area (Å²) < 4.78 is 1.15. The molecule has 2 aromatic rings. The highest BCUT2D eigenvalue weighted by atomic mass is 32.2. The van der Waals surface area contributed by atoms with Crippen molar-refractivity contribution in [1.82, 2.24) is 10.3 Å². The standard InChI is InChI=1S/C16H22N2S2/c1-4-7-17-15(11-20-16-18-8-9-19-16)14-10-12(2)5-6-13(14)3/h5-6,8-10,15,17H,4,7,11H2,1-3H3. The minimum atomic E-state index is 0.392. The molecule has 4 heteroatoms. The van der Waals surface area contributed by atoms with E-state index < -0.39 is 0 Å². The first-order chi connectivity index (χ1) is 9.70. The van der Waals surface area contributed by atoms with Gasteiger partial charge in [0, 0.05) is 23.4 Å². The lowest BCUT2D eigenvalue weighted by Gasteiger charge is -2.20.